The number of amides is 1. The first-order valence-electron chi connectivity index (χ1n) is 7.50. The third-order valence-corrected chi connectivity index (χ3v) is 5.36. The first kappa shape index (κ1) is 14.1. The monoisotopic (exact) mass is 336 g/mol. The van der Waals surface area contributed by atoms with E-state index in [0.29, 0.717) is 5.92 Å². The van der Waals surface area contributed by atoms with Crippen LogP contribution in [0.15, 0.2) is 28.7 Å². The molecule has 2 fully saturated rings. The Labute approximate surface area is 128 Å². The summed E-state index contributed by atoms with van der Waals surface area (Å²) in [5.74, 6) is 1.67. The fraction of sp³-hybridized carbons (Fsp3) is 0.562. The van der Waals surface area contributed by atoms with Gasteiger partial charge in [-0.2, -0.15) is 0 Å². The fourth-order valence-corrected chi connectivity index (χ4v) is 3.93. The molecule has 4 heteroatoms. The molecule has 0 aromatic heterocycles. The lowest BCUT2D eigenvalue weighted by atomic mass is 9.84. The van der Waals surface area contributed by atoms with Gasteiger partial charge >= 0.3 is 0 Å². The predicted molar refractivity (Wildman–Crippen MR) is 83.7 cm³/mol. The molecule has 3 rings (SSSR count). The summed E-state index contributed by atoms with van der Waals surface area (Å²) in [4.78, 5) is 14.6. The van der Waals surface area contributed by atoms with Gasteiger partial charge in [-0.25, -0.2) is 0 Å². The van der Waals surface area contributed by atoms with E-state index in [4.69, 9.17) is 0 Å². The van der Waals surface area contributed by atoms with Crippen LogP contribution in [0.25, 0.3) is 0 Å². The number of likely N-dealkylation sites (tertiary alicyclic amines) is 1. The number of nitrogens with zero attached hydrogens (tertiary/aromatic N) is 1. The molecule has 108 valence electrons. The van der Waals surface area contributed by atoms with Gasteiger partial charge in [-0.15, -0.1) is 0 Å². The molecular weight excluding hydrogens is 316 g/mol. The van der Waals surface area contributed by atoms with Crippen LogP contribution >= 0.6 is 15.9 Å². The van der Waals surface area contributed by atoms with Crippen molar-refractivity contribution < 1.29 is 4.79 Å². The molecule has 0 radical (unpaired) electrons. The molecule has 0 saturated carbocycles. The summed E-state index contributed by atoms with van der Waals surface area (Å²) in [5.41, 5.74) is 0.790. The van der Waals surface area contributed by atoms with Crippen molar-refractivity contribution in [2.75, 3.05) is 26.2 Å². The topological polar surface area (TPSA) is 32.3 Å². The van der Waals surface area contributed by atoms with Gasteiger partial charge in [0.15, 0.2) is 0 Å². The van der Waals surface area contributed by atoms with Crippen molar-refractivity contribution in [1.29, 1.82) is 0 Å². The second kappa shape index (κ2) is 6.27. The summed E-state index contributed by atoms with van der Waals surface area (Å²) in [7, 11) is 0. The minimum Gasteiger partial charge on any atom is -0.338 e. The number of hydrogen-bond donors (Lipinski definition) is 1. The quantitative estimate of drug-likeness (QED) is 0.900. The van der Waals surface area contributed by atoms with Crippen molar-refractivity contribution in [3.8, 4) is 0 Å². The Kier molecular flexibility index (Phi) is 4.41. The van der Waals surface area contributed by atoms with E-state index in [-0.39, 0.29) is 5.91 Å². The van der Waals surface area contributed by atoms with Crippen molar-refractivity contribution >= 4 is 21.8 Å². The van der Waals surface area contributed by atoms with Crippen molar-refractivity contribution in [2.24, 2.45) is 11.8 Å². The second-order valence-corrected chi connectivity index (χ2v) is 6.72. The minimum absolute atomic E-state index is 0.175. The Morgan fingerprint density at radius 3 is 2.65 bits per heavy atom. The van der Waals surface area contributed by atoms with Gasteiger partial charge in [0, 0.05) is 17.6 Å². The van der Waals surface area contributed by atoms with Crippen LogP contribution < -0.4 is 5.32 Å². The van der Waals surface area contributed by atoms with Crippen molar-refractivity contribution in [3.63, 3.8) is 0 Å². The third kappa shape index (κ3) is 2.91. The maximum Gasteiger partial charge on any atom is 0.255 e. The molecule has 20 heavy (non-hydrogen) atoms. The van der Waals surface area contributed by atoms with Gasteiger partial charge in [0.05, 0.1) is 5.56 Å². The number of piperidine rings is 1. The summed E-state index contributed by atoms with van der Waals surface area (Å²) in [6, 6.07) is 7.72. The number of carbonyl (C=O) groups is 1. The minimum atomic E-state index is 0.175. The van der Waals surface area contributed by atoms with E-state index in [1.54, 1.807) is 0 Å². The first-order valence-corrected chi connectivity index (χ1v) is 8.29. The molecule has 1 aromatic carbocycles. The SMILES string of the molecule is O=C(c1ccccc1Br)N1CCC(C2CCNCC2)C1. The van der Waals surface area contributed by atoms with Gasteiger partial charge in [0.2, 0.25) is 0 Å². The van der Waals surface area contributed by atoms with Crippen LogP contribution in [0.2, 0.25) is 0 Å². The van der Waals surface area contributed by atoms with E-state index in [1.807, 2.05) is 29.2 Å². The molecule has 1 atom stereocenters. The van der Waals surface area contributed by atoms with Crippen LogP contribution in [0.3, 0.4) is 0 Å². The Morgan fingerprint density at radius 2 is 1.90 bits per heavy atom. The molecule has 1 amide bonds. The maximum atomic E-state index is 12.6. The third-order valence-electron chi connectivity index (χ3n) is 4.67. The number of benzene rings is 1. The summed E-state index contributed by atoms with van der Waals surface area (Å²) in [5, 5.41) is 3.42. The Morgan fingerprint density at radius 1 is 1.15 bits per heavy atom. The number of nitrogens with one attached hydrogen (secondary N) is 1. The van der Waals surface area contributed by atoms with E-state index in [1.165, 1.54) is 19.3 Å². The van der Waals surface area contributed by atoms with E-state index >= 15 is 0 Å². The summed E-state index contributed by atoms with van der Waals surface area (Å²) in [6.07, 6.45) is 3.70. The smallest absolute Gasteiger partial charge is 0.255 e. The lowest BCUT2D eigenvalue weighted by Crippen LogP contribution is -2.34. The molecule has 0 spiro atoms. The standard InChI is InChI=1S/C16H21BrN2O/c17-15-4-2-1-3-14(15)16(20)19-10-7-13(11-19)12-5-8-18-9-6-12/h1-4,12-13,18H,5-11H2. The Balaban J connectivity index is 1.65. The molecular formula is C16H21BrN2O. The molecule has 2 heterocycles. The summed E-state index contributed by atoms with van der Waals surface area (Å²) >= 11 is 3.48. The Bertz CT molecular complexity index is 485. The summed E-state index contributed by atoms with van der Waals surface area (Å²) < 4.78 is 0.898. The van der Waals surface area contributed by atoms with Gasteiger partial charge in [0.1, 0.15) is 0 Å². The molecule has 3 nitrogen and oxygen atoms in total. The van der Waals surface area contributed by atoms with Crippen LogP contribution in [0.5, 0.6) is 0 Å². The zero-order valence-corrected chi connectivity index (χ0v) is 13.2. The van der Waals surface area contributed by atoms with E-state index in [0.717, 1.165) is 42.1 Å². The first-order chi connectivity index (χ1) is 9.75. The highest BCUT2D eigenvalue weighted by Crippen LogP contribution is 2.31. The molecule has 2 saturated heterocycles. The van der Waals surface area contributed by atoms with Gasteiger partial charge in [-0.3, -0.25) is 4.79 Å². The molecule has 2 aliphatic heterocycles. The largest absolute Gasteiger partial charge is 0.338 e. The highest BCUT2D eigenvalue weighted by molar-refractivity contribution is 9.10. The number of hydrogen-bond acceptors (Lipinski definition) is 2. The van der Waals surface area contributed by atoms with Crippen LogP contribution in [0.1, 0.15) is 29.6 Å². The maximum absolute atomic E-state index is 12.6. The van der Waals surface area contributed by atoms with Crippen molar-refractivity contribution in [1.82, 2.24) is 10.2 Å². The number of rotatable bonds is 2. The molecule has 2 aliphatic rings. The molecule has 1 N–H and O–H groups in total. The average Bonchev–Trinajstić information content (AvgIpc) is 2.98. The van der Waals surface area contributed by atoms with Crippen molar-refractivity contribution in [3.05, 3.63) is 34.3 Å². The number of halogens is 1. The van der Waals surface area contributed by atoms with E-state index in [9.17, 15) is 4.79 Å². The molecule has 1 unspecified atom stereocenters. The highest BCUT2D eigenvalue weighted by atomic mass is 79.9. The molecule has 0 aliphatic carbocycles. The Hall–Kier alpha value is -0.870. The van der Waals surface area contributed by atoms with Crippen LogP contribution in [-0.2, 0) is 0 Å². The zero-order chi connectivity index (χ0) is 13.9. The second-order valence-electron chi connectivity index (χ2n) is 5.87. The van der Waals surface area contributed by atoms with Gasteiger partial charge < -0.3 is 10.2 Å². The average molecular weight is 337 g/mol. The van der Waals surface area contributed by atoms with Crippen LogP contribution in [0.4, 0.5) is 0 Å². The number of carbonyl (C=O) groups excluding carboxylic acids is 1. The normalized spacial score (nSPS) is 24.1. The van der Waals surface area contributed by atoms with Gasteiger partial charge in [-0.05, 0) is 72.3 Å². The highest BCUT2D eigenvalue weighted by Gasteiger charge is 2.33. The van der Waals surface area contributed by atoms with Crippen LogP contribution in [0, 0.1) is 11.8 Å². The van der Waals surface area contributed by atoms with E-state index in [2.05, 4.69) is 21.2 Å². The van der Waals surface area contributed by atoms with Gasteiger partial charge in [0.25, 0.3) is 5.91 Å². The lowest BCUT2D eigenvalue weighted by molar-refractivity contribution is 0.0779. The van der Waals surface area contributed by atoms with E-state index < -0.39 is 0 Å². The molecule has 0 bridgehead atoms. The molecule has 1 aromatic rings. The fourth-order valence-electron chi connectivity index (χ4n) is 3.48. The van der Waals surface area contributed by atoms with Crippen LogP contribution in [-0.4, -0.2) is 37.0 Å². The predicted octanol–water partition coefficient (Wildman–Crippen LogP) is 2.91. The van der Waals surface area contributed by atoms with Crippen molar-refractivity contribution in [2.45, 2.75) is 19.3 Å². The van der Waals surface area contributed by atoms with Gasteiger partial charge in [-0.1, -0.05) is 12.1 Å². The summed E-state index contributed by atoms with van der Waals surface area (Å²) in [6.45, 7) is 4.12. The zero-order valence-electron chi connectivity index (χ0n) is 11.6. The lowest BCUT2D eigenvalue weighted by Gasteiger charge is -2.28.